The number of halogens is 1. The lowest BCUT2D eigenvalue weighted by Gasteiger charge is -2.13. The Balaban J connectivity index is 1.82. The predicted octanol–water partition coefficient (Wildman–Crippen LogP) is 4.23. The molecule has 2 heterocycles. The van der Waals surface area contributed by atoms with Gasteiger partial charge in [-0.3, -0.25) is 4.79 Å². The monoisotopic (exact) mass is 364 g/mol. The second kappa shape index (κ2) is 5.61. The van der Waals surface area contributed by atoms with Crippen molar-refractivity contribution in [3.8, 4) is 0 Å². The van der Waals surface area contributed by atoms with Crippen LogP contribution in [0.5, 0.6) is 0 Å². The normalized spacial score (nSPS) is 11.0. The lowest BCUT2D eigenvalue weighted by molar-refractivity contribution is 0.0754. The topological polar surface area (TPSA) is 46.3 Å². The van der Waals surface area contributed by atoms with Crippen LogP contribution >= 0.6 is 27.3 Å². The van der Waals surface area contributed by atoms with Crippen molar-refractivity contribution >= 4 is 44.1 Å². The second-order valence-corrected chi connectivity index (χ2v) is 6.79. The van der Waals surface area contributed by atoms with Gasteiger partial charge in [-0.25, -0.2) is 4.98 Å². The van der Waals surface area contributed by atoms with Crippen molar-refractivity contribution < 1.29 is 9.21 Å². The van der Waals surface area contributed by atoms with Gasteiger partial charge in [0.2, 0.25) is 0 Å². The van der Waals surface area contributed by atoms with E-state index in [-0.39, 0.29) is 5.91 Å². The summed E-state index contributed by atoms with van der Waals surface area (Å²) in [6.07, 6.45) is 0. The van der Waals surface area contributed by atoms with Gasteiger partial charge in [-0.1, -0.05) is 15.9 Å². The molecule has 3 rings (SSSR count). The predicted molar refractivity (Wildman–Crippen MR) is 86.6 cm³/mol. The summed E-state index contributed by atoms with van der Waals surface area (Å²) in [4.78, 5) is 18.4. The first-order chi connectivity index (χ1) is 10.0. The number of benzene rings is 1. The molecule has 0 N–H and O–H groups in total. The molecule has 1 aromatic carbocycles. The minimum atomic E-state index is -0.145. The van der Waals surface area contributed by atoms with E-state index in [1.165, 1.54) is 0 Å². The second-order valence-electron chi connectivity index (χ2n) is 4.81. The molecule has 6 heteroatoms. The van der Waals surface area contributed by atoms with Crippen LogP contribution in [0.15, 0.2) is 38.5 Å². The van der Waals surface area contributed by atoms with Crippen LogP contribution < -0.4 is 0 Å². The van der Waals surface area contributed by atoms with Crippen molar-refractivity contribution in [2.24, 2.45) is 0 Å². The van der Waals surface area contributed by atoms with Gasteiger partial charge in [0.1, 0.15) is 5.58 Å². The summed E-state index contributed by atoms with van der Waals surface area (Å²) in [6, 6.07) is 7.44. The molecule has 0 saturated heterocycles. The molecule has 0 radical (unpaired) electrons. The van der Waals surface area contributed by atoms with E-state index in [4.69, 9.17) is 4.42 Å². The van der Waals surface area contributed by atoms with E-state index < -0.39 is 0 Å². The molecule has 4 nitrogen and oxygen atoms in total. The number of aromatic nitrogens is 1. The van der Waals surface area contributed by atoms with Crippen LogP contribution in [-0.4, -0.2) is 22.8 Å². The third kappa shape index (κ3) is 3.01. The number of nitrogens with zero attached hydrogens (tertiary/aromatic N) is 2. The summed E-state index contributed by atoms with van der Waals surface area (Å²) >= 11 is 4.99. The van der Waals surface area contributed by atoms with Gasteiger partial charge in [0, 0.05) is 22.3 Å². The Hall–Kier alpha value is -1.66. The van der Waals surface area contributed by atoms with Gasteiger partial charge >= 0.3 is 0 Å². The summed E-state index contributed by atoms with van der Waals surface area (Å²) in [5.41, 5.74) is 1.60. The molecular formula is C15H13BrN2O2S. The SMILES string of the molecule is Cc1nc(CN(C)C(=O)c2cc3cc(Br)ccc3o2)cs1. The molecule has 21 heavy (non-hydrogen) atoms. The maximum Gasteiger partial charge on any atom is 0.289 e. The number of fused-ring (bicyclic) bond motifs is 1. The molecule has 108 valence electrons. The zero-order valence-electron chi connectivity index (χ0n) is 11.6. The molecule has 0 aliphatic rings. The zero-order valence-corrected chi connectivity index (χ0v) is 14.0. The summed E-state index contributed by atoms with van der Waals surface area (Å²) in [5, 5.41) is 3.87. The molecule has 0 aliphatic carbocycles. The average Bonchev–Trinajstić information content (AvgIpc) is 3.03. The fourth-order valence-electron chi connectivity index (χ4n) is 2.10. The van der Waals surface area contributed by atoms with Crippen molar-refractivity contribution in [2.45, 2.75) is 13.5 Å². The van der Waals surface area contributed by atoms with Crippen molar-refractivity contribution in [2.75, 3.05) is 7.05 Å². The lowest BCUT2D eigenvalue weighted by atomic mass is 10.2. The van der Waals surface area contributed by atoms with Gasteiger partial charge in [-0.05, 0) is 31.2 Å². The van der Waals surface area contributed by atoms with Crippen LogP contribution in [0, 0.1) is 6.92 Å². The largest absolute Gasteiger partial charge is 0.451 e. The van der Waals surface area contributed by atoms with Crippen LogP contribution in [0.1, 0.15) is 21.3 Å². The van der Waals surface area contributed by atoms with Crippen molar-refractivity contribution in [1.82, 2.24) is 9.88 Å². The first-order valence-electron chi connectivity index (χ1n) is 6.38. The quantitative estimate of drug-likeness (QED) is 0.698. The van der Waals surface area contributed by atoms with Crippen LogP contribution in [-0.2, 0) is 6.54 Å². The van der Waals surface area contributed by atoms with Crippen molar-refractivity contribution in [1.29, 1.82) is 0 Å². The Morgan fingerprint density at radius 2 is 2.24 bits per heavy atom. The smallest absolute Gasteiger partial charge is 0.289 e. The molecule has 0 saturated carbocycles. The highest BCUT2D eigenvalue weighted by atomic mass is 79.9. The van der Waals surface area contributed by atoms with E-state index in [0.717, 1.165) is 20.6 Å². The van der Waals surface area contributed by atoms with E-state index in [2.05, 4.69) is 20.9 Å². The molecule has 0 atom stereocenters. The van der Waals surface area contributed by atoms with Crippen LogP contribution in [0.3, 0.4) is 0 Å². The van der Waals surface area contributed by atoms with Gasteiger partial charge in [0.15, 0.2) is 5.76 Å². The zero-order chi connectivity index (χ0) is 15.0. The molecule has 1 amide bonds. The molecule has 0 aliphatic heterocycles. The Labute approximate surface area is 134 Å². The molecule has 0 fully saturated rings. The Kier molecular flexibility index (Phi) is 3.82. The van der Waals surface area contributed by atoms with E-state index in [9.17, 15) is 4.79 Å². The lowest BCUT2D eigenvalue weighted by Crippen LogP contribution is -2.25. The number of aryl methyl sites for hydroxylation is 1. The first kappa shape index (κ1) is 14.3. The fourth-order valence-corrected chi connectivity index (χ4v) is 3.09. The average molecular weight is 365 g/mol. The first-order valence-corrected chi connectivity index (χ1v) is 8.06. The van der Waals surface area contributed by atoms with Crippen molar-refractivity contribution in [3.05, 3.63) is 50.6 Å². The number of thiazole rings is 1. The van der Waals surface area contributed by atoms with E-state index in [0.29, 0.717) is 17.9 Å². The Bertz CT molecular complexity index is 809. The summed E-state index contributed by atoms with van der Waals surface area (Å²) in [7, 11) is 1.75. The Morgan fingerprint density at radius 3 is 2.95 bits per heavy atom. The highest BCUT2D eigenvalue weighted by Crippen LogP contribution is 2.24. The molecule has 3 aromatic rings. The maximum atomic E-state index is 12.4. The van der Waals surface area contributed by atoms with Crippen LogP contribution in [0.4, 0.5) is 0 Å². The molecule has 0 spiro atoms. The summed E-state index contributed by atoms with van der Waals surface area (Å²) < 4.78 is 6.58. The van der Waals surface area contributed by atoms with Gasteiger partial charge in [-0.2, -0.15) is 0 Å². The number of furan rings is 1. The Morgan fingerprint density at radius 1 is 1.43 bits per heavy atom. The summed E-state index contributed by atoms with van der Waals surface area (Å²) in [6.45, 7) is 2.43. The molecular weight excluding hydrogens is 352 g/mol. The number of rotatable bonds is 3. The number of hydrogen-bond acceptors (Lipinski definition) is 4. The van der Waals surface area contributed by atoms with Gasteiger partial charge in [0.25, 0.3) is 5.91 Å². The van der Waals surface area contributed by atoms with E-state index in [1.807, 2.05) is 30.5 Å². The number of amides is 1. The van der Waals surface area contributed by atoms with E-state index in [1.54, 1.807) is 29.4 Å². The fraction of sp³-hybridized carbons (Fsp3) is 0.200. The van der Waals surface area contributed by atoms with Crippen LogP contribution in [0.25, 0.3) is 11.0 Å². The highest BCUT2D eigenvalue weighted by Gasteiger charge is 2.17. The molecule has 0 bridgehead atoms. The molecule has 0 unspecified atom stereocenters. The van der Waals surface area contributed by atoms with Gasteiger partial charge < -0.3 is 9.32 Å². The van der Waals surface area contributed by atoms with E-state index >= 15 is 0 Å². The molecule has 2 aromatic heterocycles. The third-order valence-corrected chi connectivity index (χ3v) is 4.42. The van der Waals surface area contributed by atoms with Gasteiger partial charge in [-0.15, -0.1) is 11.3 Å². The number of carbonyl (C=O) groups excluding carboxylic acids is 1. The third-order valence-electron chi connectivity index (χ3n) is 3.10. The minimum Gasteiger partial charge on any atom is -0.451 e. The number of hydrogen-bond donors (Lipinski definition) is 0. The number of carbonyl (C=O) groups is 1. The maximum absolute atomic E-state index is 12.4. The minimum absolute atomic E-state index is 0.145. The highest BCUT2D eigenvalue weighted by molar-refractivity contribution is 9.10. The van der Waals surface area contributed by atoms with Gasteiger partial charge in [0.05, 0.1) is 17.2 Å². The van der Waals surface area contributed by atoms with Crippen molar-refractivity contribution in [3.63, 3.8) is 0 Å². The van der Waals surface area contributed by atoms with Crippen LogP contribution in [0.2, 0.25) is 0 Å². The standard InChI is InChI=1S/C15H13BrN2O2S/c1-9-17-12(8-21-9)7-18(2)15(19)14-6-10-5-11(16)3-4-13(10)20-14/h3-6,8H,7H2,1-2H3. The summed E-state index contributed by atoms with van der Waals surface area (Å²) in [5.74, 6) is 0.200.